The summed E-state index contributed by atoms with van der Waals surface area (Å²) < 4.78 is 1.85. The summed E-state index contributed by atoms with van der Waals surface area (Å²) in [4.78, 5) is 22.8. The number of nitrogens with one attached hydrogen (secondary N) is 2. The van der Waals surface area contributed by atoms with Gasteiger partial charge in [-0.2, -0.15) is 5.10 Å². The van der Waals surface area contributed by atoms with Crippen molar-refractivity contribution in [2.75, 3.05) is 0 Å². The van der Waals surface area contributed by atoms with Crippen LogP contribution in [0, 0.1) is 10.1 Å². The molecule has 2 atom stereocenters. The van der Waals surface area contributed by atoms with Crippen LogP contribution in [-0.4, -0.2) is 20.7 Å². The summed E-state index contributed by atoms with van der Waals surface area (Å²) in [6.45, 7) is 1.80. The number of amides is 2. The smallest absolute Gasteiger partial charge is 0.315 e. The lowest BCUT2D eigenvalue weighted by Crippen LogP contribution is -2.40. The third kappa shape index (κ3) is 3.62. The number of nitrogens with zero attached hydrogens (tertiary/aromatic N) is 3. The fraction of sp³-hybridized carbons (Fsp3) is 0.412. The van der Waals surface area contributed by atoms with Gasteiger partial charge in [0, 0.05) is 30.4 Å². The molecule has 0 radical (unpaired) electrons. The molecule has 132 valence electrons. The van der Waals surface area contributed by atoms with E-state index in [2.05, 4.69) is 15.7 Å². The summed E-state index contributed by atoms with van der Waals surface area (Å²) in [5.74, 6) is 0. The van der Waals surface area contributed by atoms with Crippen molar-refractivity contribution in [1.82, 2.24) is 20.4 Å². The van der Waals surface area contributed by atoms with E-state index < -0.39 is 4.92 Å². The normalized spacial score (nSPS) is 17.4. The van der Waals surface area contributed by atoms with Crippen molar-refractivity contribution >= 4 is 11.7 Å². The minimum atomic E-state index is -0.442. The summed E-state index contributed by atoms with van der Waals surface area (Å²) in [5, 5.41) is 21.0. The molecule has 1 aromatic heterocycles. The first-order valence-electron chi connectivity index (χ1n) is 8.28. The number of hydrogen-bond acceptors (Lipinski definition) is 4. The van der Waals surface area contributed by atoms with E-state index in [-0.39, 0.29) is 23.8 Å². The number of nitro groups is 1. The zero-order valence-corrected chi connectivity index (χ0v) is 14.2. The van der Waals surface area contributed by atoms with Gasteiger partial charge in [-0.3, -0.25) is 14.8 Å². The zero-order valence-electron chi connectivity index (χ0n) is 14.2. The van der Waals surface area contributed by atoms with Crippen LogP contribution in [-0.2, 0) is 13.5 Å². The Hall–Kier alpha value is -2.90. The van der Waals surface area contributed by atoms with E-state index in [0.717, 1.165) is 30.5 Å². The van der Waals surface area contributed by atoms with E-state index in [1.54, 1.807) is 19.1 Å². The van der Waals surface area contributed by atoms with Crippen molar-refractivity contribution in [2.24, 2.45) is 7.05 Å². The average Bonchev–Trinajstić information content (AvgIpc) is 2.97. The van der Waals surface area contributed by atoms with Gasteiger partial charge in [-0.05, 0) is 31.7 Å². The minimum absolute atomic E-state index is 0.0128. The summed E-state index contributed by atoms with van der Waals surface area (Å²) >= 11 is 0. The van der Waals surface area contributed by atoms with Crippen LogP contribution in [0.5, 0.6) is 0 Å². The molecule has 0 saturated heterocycles. The highest BCUT2D eigenvalue weighted by atomic mass is 16.6. The molecule has 0 fully saturated rings. The van der Waals surface area contributed by atoms with Crippen LogP contribution in [0.4, 0.5) is 10.5 Å². The van der Waals surface area contributed by atoms with Crippen molar-refractivity contribution in [3.63, 3.8) is 0 Å². The van der Waals surface area contributed by atoms with E-state index >= 15 is 0 Å². The lowest BCUT2D eigenvalue weighted by molar-refractivity contribution is -0.384. The van der Waals surface area contributed by atoms with Gasteiger partial charge in [0.25, 0.3) is 5.69 Å². The standard InChI is InChI=1S/C17H21N5O3/c1-11(12-5-3-6-13(9-12)22(24)25)19-17(23)20-15-7-4-8-16-14(15)10-18-21(16)2/h3,5-6,9-11,15H,4,7-8H2,1-2H3,(H2,19,20,23)/t11-,15+/m0/s1. The first kappa shape index (κ1) is 16.9. The van der Waals surface area contributed by atoms with E-state index in [0.29, 0.717) is 5.56 Å². The Morgan fingerprint density at radius 2 is 2.28 bits per heavy atom. The molecule has 1 aliphatic carbocycles. The summed E-state index contributed by atoms with van der Waals surface area (Å²) in [6, 6.07) is 5.60. The van der Waals surface area contributed by atoms with E-state index in [9.17, 15) is 14.9 Å². The number of nitro benzene ring substituents is 1. The SMILES string of the molecule is C[C@H](NC(=O)N[C@@H]1CCCc2c1cnn2C)c1cccc([N+](=O)[O-])c1. The largest absolute Gasteiger partial charge is 0.332 e. The molecule has 3 rings (SSSR count). The Balaban J connectivity index is 1.65. The molecule has 1 aliphatic rings. The number of urea groups is 1. The molecule has 8 heteroatoms. The highest BCUT2D eigenvalue weighted by Gasteiger charge is 2.25. The number of carbonyl (C=O) groups is 1. The van der Waals surface area contributed by atoms with E-state index in [1.165, 1.54) is 12.1 Å². The monoisotopic (exact) mass is 343 g/mol. The summed E-state index contributed by atoms with van der Waals surface area (Å²) in [6.07, 6.45) is 4.65. The Morgan fingerprint density at radius 1 is 1.48 bits per heavy atom. The lowest BCUT2D eigenvalue weighted by Gasteiger charge is -2.25. The minimum Gasteiger partial charge on any atom is -0.332 e. The van der Waals surface area contributed by atoms with E-state index in [1.807, 2.05) is 17.9 Å². The van der Waals surface area contributed by atoms with Gasteiger partial charge in [0.05, 0.1) is 23.2 Å². The van der Waals surface area contributed by atoms with Crippen molar-refractivity contribution in [1.29, 1.82) is 0 Å². The van der Waals surface area contributed by atoms with Crippen LogP contribution in [0.1, 0.15) is 48.7 Å². The third-order valence-corrected chi connectivity index (χ3v) is 4.61. The molecular weight excluding hydrogens is 322 g/mol. The Morgan fingerprint density at radius 3 is 3.04 bits per heavy atom. The number of aromatic nitrogens is 2. The molecule has 1 aromatic carbocycles. The molecule has 8 nitrogen and oxygen atoms in total. The predicted octanol–water partition coefficient (Wildman–Crippen LogP) is 2.77. The first-order valence-corrected chi connectivity index (χ1v) is 8.28. The third-order valence-electron chi connectivity index (χ3n) is 4.61. The van der Waals surface area contributed by atoms with Crippen LogP contribution < -0.4 is 10.6 Å². The molecule has 0 spiro atoms. The maximum atomic E-state index is 12.3. The topological polar surface area (TPSA) is 102 Å². The Labute approximate surface area is 145 Å². The number of carbonyl (C=O) groups excluding carboxylic acids is 1. The fourth-order valence-corrected chi connectivity index (χ4v) is 3.24. The summed E-state index contributed by atoms with van der Waals surface area (Å²) in [5.41, 5.74) is 2.92. The van der Waals surface area contributed by atoms with Gasteiger partial charge in [-0.1, -0.05) is 12.1 Å². The fourth-order valence-electron chi connectivity index (χ4n) is 3.24. The molecular formula is C17H21N5O3. The van der Waals surface area contributed by atoms with Crippen LogP contribution in [0.15, 0.2) is 30.5 Å². The van der Waals surface area contributed by atoms with Crippen molar-refractivity contribution in [3.05, 3.63) is 57.4 Å². The average molecular weight is 343 g/mol. The van der Waals surface area contributed by atoms with Gasteiger partial charge >= 0.3 is 6.03 Å². The second-order valence-electron chi connectivity index (χ2n) is 6.31. The zero-order chi connectivity index (χ0) is 18.0. The van der Waals surface area contributed by atoms with Crippen molar-refractivity contribution in [2.45, 2.75) is 38.3 Å². The quantitative estimate of drug-likeness (QED) is 0.658. The number of benzene rings is 1. The second kappa shape index (κ2) is 6.92. The van der Waals surface area contributed by atoms with Crippen LogP contribution in [0.25, 0.3) is 0 Å². The maximum Gasteiger partial charge on any atom is 0.315 e. The number of non-ortho nitro benzene ring substituents is 1. The molecule has 25 heavy (non-hydrogen) atoms. The van der Waals surface area contributed by atoms with Gasteiger partial charge in [0.2, 0.25) is 0 Å². The second-order valence-corrected chi connectivity index (χ2v) is 6.31. The first-order chi connectivity index (χ1) is 12.0. The van der Waals surface area contributed by atoms with Crippen molar-refractivity contribution < 1.29 is 9.72 Å². The van der Waals surface area contributed by atoms with Gasteiger partial charge in [-0.25, -0.2) is 4.79 Å². The van der Waals surface area contributed by atoms with Crippen LogP contribution in [0.2, 0.25) is 0 Å². The Kier molecular flexibility index (Phi) is 4.69. The summed E-state index contributed by atoms with van der Waals surface area (Å²) in [7, 11) is 1.91. The van der Waals surface area contributed by atoms with E-state index in [4.69, 9.17) is 0 Å². The van der Waals surface area contributed by atoms with Gasteiger partial charge < -0.3 is 10.6 Å². The molecule has 2 aromatic rings. The molecule has 0 bridgehead atoms. The molecule has 0 unspecified atom stereocenters. The molecule has 0 aliphatic heterocycles. The van der Waals surface area contributed by atoms with Crippen molar-refractivity contribution in [3.8, 4) is 0 Å². The molecule has 2 N–H and O–H groups in total. The number of aryl methyl sites for hydroxylation is 1. The highest BCUT2D eigenvalue weighted by Crippen LogP contribution is 2.29. The van der Waals surface area contributed by atoms with Gasteiger partial charge in [0.15, 0.2) is 0 Å². The highest BCUT2D eigenvalue weighted by molar-refractivity contribution is 5.75. The molecule has 2 amide bonds. The van der Waals surface area contributed by atoms with Crippen LogP contribution in [0.3, 0.4) is 0 Å². The van der Waals surface area contributed by atoms with Gasteiger partial charge in [0.1, 0.15) is 0 Å². The van der Waals surface area contributed by atoms with Crippen LogP contribution >= 0.6 is 0 Å². The number of rotatable bonds is 4. The maximum absolute atomic E-state index is 12.3. The lowest BCUT2D eigenvalue weighted by atomic mass is 9.93. The predicted molar refractivity (Wildman–Crippen MR) is 92.1 cm³/mol. The number of fused-ring (bicyclic) bond motifs is 1. The molecule has 1 heterocycles. The number of hydrogen-bond donors (Lipinski definition) is 2. The van der Waals surface area contributed by atoms with Gasteiger partial charge in [-0.15, -0.1) is 0 Å². The molecule has 0 saturated carbocycles. The Bertz CT molecular complexity index is 801.